The lowest BCUT2D eigenvalue weighted by Crippen LogP contribution is -2.44. The second-order valence-electron chi connectivity index (χ2n) is 8.15. The third-order valence-electron chi connectivity index (χ3n) is 6.41. The molecule has 0 radical (unpaired) electrons. The van der Waals surface area contributed by atoms with Gasteiger partial charge < -0.3 is 10.6 Å². The highest BCUT2D eigenvalue weighted by atomic mass is 35.5. The average Bonchev–Trinajstić information content (AvgIpc) is 3.07. The number of nitrogens with zero attached hydrogens (tertiary/aromatic N) is 5. The van der Waals surface area contributed by atoms with Crippen LogP contribution in [0, 0.1) is 16.7 Å². The first kappa shape index (κ1) is 20.7. The summed E-state index contributed by atoms with van der Waals surface area (Å²) in [7, 11) is 0. The van der Waals surface area contributed by atoms with Crippen LogP contribution >= 0.6 is 23.2 Å². The van der Waals surface area contributed by atoms with E-state index in [0.717, 1.165) is 11.1 Å². The summed E-state index contributed by atoms with van der Waals surface area (Å²) in [4.78, 5) is 28.1. The molecule has 3 heterocycles. The van der Waals surface area contributed by atoms with Crippen LogP contribution in [-0.4, -0.2) is 33.8 Å². The van der Waals surface area contributed by atoms with Crippen LogP contribution in [0.15, 0.2) is 36.7 Å². The molecule has 1 saturated heterocycles. The molecular formula is C23H18Cl2N6O. The molecule has 0 bridgehead atoms. The van der Waals surface area contributed by atoms with Gasteiger partial charge in [0.1, 0.15) is 11.9 Å². The molecule has 0 saturated carbocycles. The van der Waals surface area contributed by atoms with Gasteiger partial charge in [0, 0.05) is 42.0 Å². The lowest BCUT2D eigenvalue weighted by molar-refractivity contribution is 0.0774. The zero-order valence-electron chi connectivity index (χ0n) is 17.0. The standard InChI is InChI=1S/C23H18Cl2N6O/c24-16-3-1-2-15(19(16)25)18-17(11-26)29-22(30-21(18)27)31-8-5-23(6-9-31)10-13-12-28-7-4-14(13)20(23)32/h1-4,7,12H,5-6,8-10H2,(H2,27,29,30). The van der Waals surface area contributed by atoms with Crippen LogP contribution in [0.25, 0.3) is 11.1 Å². The van der Waals surface area contributed by atoms with Crippen LogP contribution in [0.4, 0.5) is 11.8 Å². The maximum Gasteiger partial charge on any atom is 0.228 e. The molecule has 160 valence electrons. The van der Waals surface area contributed by atoms with E-state index in [0.29, 0.717) is 59.5 Å². The van der Waals surface area contributed by atoms with Gasteiger partial charge in [0.05, 0.1) is 15.6 Å². The number of hydrogen-bond acceptors (Lipinski definition) is 7. The fourth-order valence-electron chi connectivity index (χ4n) is 4.71. The highest BCUT2D eigenvalue weighted by Crippen LogP contribution is 2.45. The van der Waals surface area contributed by atoms with Crippen LogP contribution in [0.1, 0.15) is 34.5 Å². The molecule has 2 aliphatic rings. The molecule has 5 rings (SSSR count). The summed E-state index contributed by atoms with van der Waals surface area (Å²) in [6.07, 6.45) is 5.51. The van der Waals surface area contributed by atoms with E-state index in [1.807, 2.05) is 11.0 Å². The maximum atomic E-state index is 13.1. The van der Waals surface area contributed by atoms with Crippen molar-refractivity contribution in [3.8, 4) is 17.2 Å². The van der Waals surface area contributed by atoms with E-state index in [4.69, 9.17) is 28.9 Å². The van der Waals surface area contributed by atoms with Gasteiger partial charge in [-0.25, -0.2) is 4.98 Å². The van der Waals surface area contributed by atoms with Gasteiger partial charge in [0.2, 0.25) is 5.95 Å². The number of fused-ring (bicyclic) bond motifs is 1. The smallest absolute Gasteiger partial charge is 0.228 e. The van der Waals surface area contributed by atoms with Gasteiger partial charge in [-0.2, -0.15) is 10.2 Å². The van der Waals surface area contributed by atoms with Crippen molar-refractivity contribution in [1.82, 2.24) is 15.0 Å². The first-order valence-corrected chi connectivity index (χ1v) is 10.9. The van der Waals surface area contributed by atoms with Gasteiger partial charge in [0.15, 0.2) is 11.5 Å². The number of benzene rings is 1. The summed E-state index contributed by atoms with van der Waals surface area (Å²) in [5, 5.41) is 10.4. The third-order valence-corrected chi connectivity index (χ3v) is 7.23. The number of pyridine rings is 1. The molecule has 1 aliphatic heterocycles. The predicted octanol–water partition coefficient (Wildman–Crippen LogP) is 4.32. The monoisotopic (exact) mass is 464 g/mol. The second kappa shape index (κ2) is 7.73. The number of hydrogen-bond donors (Lipinski definition) is 1. The topological polar surface area (TPSA) is 109 Å². The van der Waals surface area contributed by atoms with Crippen LogP contribution in [-0.2, 0) is 6.42 Å². The quantitative estimate of drug-likeness (QED) is 0.600. The number of aromatic nitrogens is 3. The molecule has 1 fully saturated rings. The lowest BCUT2D eigenvalue weighted by Gasteiger charge is -2.38. The summed E-state index contributed by atoms with van der Waals surface area (Å²) in [5.41, 5.74) is 8.66. The van der Waals surface area contributed by atoms with Gasteiger partial charge in [-0.3, -0.25) is 9.78 Å². The summed E-state index contributed by atoms with van der Waals surface area (Å²) in [6, 6.07) is 9.03. The number of carbonyl (C=O) groups excluding carboxylic acids is 1. The van der Waals surface area contributed by atoms with Crippen LogP contribution in [0.3, 0.4) is 0 Å². The number of rotatable bonds is 2. The van der Waals surface area contributed by atoms with Gasteiger partial charge in [-0.05, 0) is 37.0 Å². The van der Waals surface area contributed by atoms with E-state index in [1.54, 1.807) is 30.6 Å². The van der Waals surface area contributed by atoms with Gasteiger partial charge in [-0.15, -0.1) is 0 Å². The second-order valence-corrected chi connectivity index (χ2v) is 8.94. The summed E-state index contributed by atoms with van der Waals surface area (Å²) in [5.74, 6) is 0.727. The normalized spacial score (nSPS) is 16.8. The molecule has 0 unspecified atom stereocenters. The zero-order valence-corrected chi connectivity index (χ0v) is 18.5. The number of carbonyl (C=O) groups is 1. The summed E-state index contributed by atoms with van der Waals surface area (Å²) >= 11 is 12.5. The van der Waals surface area contributed by atoms with Crippen molar-refractivity contribution < 1.29 is 4.79 Å². The first-order chi connectivity index (χ1) is 15.4. The molecule has 7 nitrogen and oxygen atoms in total. The minimum atomic E-state index is -0.403. The predicted molar refractivity (Wildman–Crippen MR) is 123 cm³/mol. The lowest BCUT2D eigenvalue weighted by atomic mass is 9.75. The summed E-state index contributed by atoms with van der Waals surface area (Å²) in [6.45, 7) is 1.18. The molecule has 3 aromatic rings. The molecule has 1 aromatic carbocycles. The van der Waals surface area contributed by atoms with Gasteiger partial charge in [0.25, 0.3) is 0 Å². The van der Waals surface area contributed by atoms with E-state index in [-0.39, 0.29) is 17.3 Å². The number of nitrogens with two attached hydrogens (primary N) is 1. The Kier molecular flexibility index (Phi) is 5.00. The SMILES string of the molecule is N#Cc1nc(N2CCC3(CC2)Cc2cnccc2C3=O)nc(N)c1-c1cccc(Cl)c1Cl. The molecule has 32 heavy (non-hydrogen) atoms. The Morgan fingerprint density at radius 3 is 2.62 bits per heavy atom. The highest BCUT2D eigenvalue weighted by Gasteiger charge is 2.47. The Morgan fingerprint density at radius 1 is 1.12 bits per heavy atom. The molecule has 2 N–H and O–H groups in total. The number of nitrogen functional groups attached to an aromatic ring is 1. The number of ketones is 1. The van der Waals surface area contributed by atoms with Crippen LogP contribution in [0.2, 0.25) is 10.0 Å². The molecule has 1 aliphatic carbocycles. The minimum Gasteiger partial charge on any atom is -0.383 e. The van der Waals surface area contributed by atoms with Crippen molar-refractivity contribution in [2.24, 2.45) is 5.41 Å². The van der Waals surface area contributed by atoms with E-state index >= 15 is 0 Å². The minimum absolute atomic E-state index is 0.132. The van der Waals surface area contributed by atoms with E-state index in [9.17, 15) is 10.1 Å². The van der Waals surface area contributed by atoms with Crippen molar-refractivity contribution in [2.75, 3.05) is 23.7 Å². The number of Topliss-reactive ketones (excluding diaryl/α,β-unsaturated/α-hetero) is 1. The number of piperidine rings is 1. The van der Waals surface area contributed by atoms with Crippen molar-refractivity contribution >= 4 is 40.8 Å². The van der Waals surface area contributed by atoms with Crippen LogP contribution < -0.4 is 10.6 Å². The van der Waals surface area contributed by atoms with E-state index in [2.05, 4.69) is 21.0 Å². The molecular weight excluding hydrogens is 447 g/mol. The Hall–Kier alpha value is -3.21. The Labute approximate surface area is 194 Å². The Balaban J connectivity index is 1.43. The number of anilines is 2. The number of halogens is 2. The number of nitriles is 1. The first-order valence-electron chi connectivity index (χ1n) is 10.2. The van der Waals surface area contributed by atoms with Gasteiger partial charge >= 0.3 is 0 Å². The molecule has 1 spiro atoms. The Morgan fingerprint density at radius 2 is 1.91 bits per heavy atom. The van der Waals surface area contributed by atoms with Crippen LogP contribution in [0.5, 0.6) is 0 Å². The summed E-state index contributed by atoms with van der Waals surface area (Å²) < 4.78 is 0. The Bertz CT molecular complexity index is 1290. The largest absolute Gasteiger partial charge is 0.383 e. The van der Waals surface area contributed by atoms with E-state index in [1.165, 1.54) is 0 Å². The van der Waals surface area contributed by atoms with Crippen molar-refractivity contribution in [3.63, 3.8) is 0 Å². The van der Waals surface area contributed by atoms with Crippen molar-refractivity contribution in [1.29, 1.82) is 5.26 Å². The molecule has 0 atom stereocenters. The fourth-order valence-corrected chi connectivity index (χ4v) is 5.10. The molecule has 0 amide bonds. The maximum absolute atomic E-state index is 13.1. The third kappa shape index (κ3) is 3.19. The fraction of sp³-hybridized carbons (Fsp3) is 0.261. The molecule has 9 heteroatoms. The zero-order chi connectivity index (χ0) is 22.5. The van der Waals surface area contributed by atoms with Crippen molar-refractivity contribution in [2.45, 2.75) is 19.3 Å². The molecule has 2 aromatic heterocycles. The average molecular weight is 465 g/mol. The van der Waals surface area contributed by atoms with Crippen molar-refractivity contribution in [3.05, 3.63) is 63.5 Å². The van der Waals surface area contributed by atoms with Gasteiger partial charge in [-0.1, -0.05) is 35.3 Å². The van der Waals surface area contributed by atoms with E-state index < -0.39 is 5.41 Å². The highest BCUT2D eigenvalue weighted by molar-refractivity contribution is 6.43.